The van der Waals surface area contributed by atoms with Crippen molar-refractivity contribution in [2.75, 3.05) is 25.0 Å². The second-order valence-electron chi connectivity index (χ2n) is 5.66. The molecule has 0 spiro atoms. The Morgan fingerprint density at radius 1 is 1.42 bits per heavy atom. The highest BCUT2D eigenvalue weighted by Gasteiger charge is 2.19. The van der Waals surface area contributed by atoms with Crippen LogP contribution in [0.4, 0.5) is 5.69 Å². The molecule has 0 aromatic heterocycles. The van der Waals surface area contributed by atoms with Crippen LogP contribution in [0.25, 0.3) is 0 Å². The van der Waals surface area contributed by atoms with Crippen molar-refractivity contribution in [3.05, 3.63) is 28.8 Å². The molecule has 0 radical (unpaired) electrons. The van der Waals surface area contributed by atoms with Gasteiger partial charge in [0.15, 0.2) is 0 Å². The Bertz CT molecular complexity index is 415. The molecule has 1 atom stereocenters. The van der Waals surface area contributed by atoms with E-state index < -0.39 is 0 Å². The van der Waals surface area contributed by atoms with Gasteiger partial charge in [0.1, 0.15) is 0 Å². The van der Waals surface area contributed by atoms with Gasteiger partial charge in [-0.2, -0.15) is 0 Å². The highest BCUT2D eigenvalue weighted by Crippen LogP contribution is 2.31. The molecule has 0 aliphatic heterocycles. The molecule has 0 saturated heterocycles. The maximum Gasteiger partial charge on any atom is 0.0474 e. The molecular weight excluding hydrogens is 256 g/mol. The SMILES string of the molecule is CCNC(C)c1ccc(N(C)CC2CCC2)cc1Cl. The fraction of sp³-hybridized carbons (Fsp3) is 0.625. The third-order valence-corrected chi connectivity index (χ3v) is 4.49. The highest BCUT2D eigenvalue weighted by molar-refractivity contribution is 6.31. The van der Waals surface area contributed by atoms with Crippen LogP contribution in [0.5, 0.6) is 0 Å². The predicted octanol–water partition coefficient (Wildman–Crippen LogP) is 4.25. The van der Waals surface area contributed by atoms with Crippen molar-refractivity contribution in [3.63, 3.8) is 0 Å². The molecule has 1 aromatic rings. The van der Waals surface area contributed by atoms with Crippen LogP contribution in [0, 0.1) is 5.92 Å². The molecule has 0 amide bonds. The van der Waals surface area contributed by atoms with Crippen molar-refractivity contribution in [1.82, 2.24) is 5.32 Å². The Labute approximate surface area is 122 Å². The van der Waals surface area contributed by atoms with Crippen molar-refractivity contribution in [2.45, 2.75) is 39.2 Å². The quantitative estimate of drug-likeness (QED) is 0.838. The van der Waals surface area contributed by atoms with Crippen molar-refractivity contribution >= 4 is 17.3 Å². The van der Waals surface area contributed by atoms with Gasteiger partial charge < -0.3 is 10.2 Å². The lowest BCUT2D eigenvalue weighted by atomic mass is 9.85. The smallest absolute Gasteiger partial charge is 0.0474 e. The van der Waals surface area contributed by atoms with Crippen molar-refractivity contribution in [1.29, 1.82) is 0 Å². The number of hydrogen-bond donors (Lipinski definition) is 1. The molecule has 1 aliphatic carbocycles. The van der Waals surface area contributed by atoms with Crippen LogP contribution < -0.4 is 10.2 Å². The fourth-order valence-electron chi connectivity index (χ4n) is 2.69. The van der Waals surface area contributed by atoms with Crippen LogP contribution in [0.15, 0.2) is 18.2 Å². The maximum absolute atomic E-state index is 6.42. The number of nitrogens with zero attached hydrogens (tertiary/aromatic N) is 1. The third kappa shape index (κ3) is 3.64. The Morgan fingerprint density at radius 3 is 2.68 bits per heavy atom. The molecule has 1 unspecified atom stereocenters. The van der Waals surface area contributed by atoms with Crippen LogP contribution in [0.2, 0.25) is 5.02 Å². The summed E-state index contributed by atoms with van der Waals surface area (Å²) in [7, 11) is 2.16. The minimum atomic E-state index is 0.309. The summed E-state index contributed by atoms with van der Waals surface area (Å²) in [5.41, 5.74) is 2.41. The van der Waals surface area contributed by atoms with E-state index in [9.17, 15) is 0 Å². The van der Waals surface area contributed by atoms with E-state index in [2.05, 4.69) is 49.3 Å². The standard InChI is InChI=1S/C16H25ClN2/c1-4-18-12(2)15-9-8-14(10-16(15)17)19(3)11-13-6-5-7-13/h8-10,12-13,18H,4-7,11H2,1-3H3. The number of nitrogens with one attached hydrogen (secondary N) is 1. The number of halogens is 1. The molecule has 1 aliphatic rings. The first kappa shape index (κ1) is 14.7. The van der Waals surface area contributed by atoms with Gasteiger partial charge >= 0.3 is 0 Å². The Balaban J connectivity index is 2.04. The normalized spacial score (nSPS) is 17.1. The monoisotopic (exact) mass is 280 g/mol. The third-order valence-electron chi connectivity index (χ3n) is 4.16. The minimum absolute atomic E-state index is 0.309. The summed E-state index contributed by atoms with van der Waals surface area (Å²) < 4.78 is 0. The summed E-state index contributed by atoms with van der Waals surface area (Å²) in [5, 5.41) is 4.27. The Hall–Kier alpha value is -0.730. The number of anilines is 1. The molecule has 0 heterocycles. The van der Waals surface area contributed by atoms with Gasteiger partial charge in [-0.1, -0.05) is 31.0 Å². The van der Waals surface area contributed by atoms with Gasteiger partial charge in [-0.25, -0.2) is 0 Å². The van der Waals surface area contributed by atoms with Crippen LogP contribution in [0.3, 0.4) is 0 Å². The topological polar surface area (TPSA) is 15.3 Å². The average Bonchev–Trinajstić information content (AvgIpc) is 2.33. The summed E-state index contributed by atoms with van der Waals surface area (Å²) in [6, 6.07) is 6.75. The van der Waals surface area contributed by atoms with Gasteiger partial charge in [-0.05, 0) is 49.9 Å². The van der Waals surface area contributed by atoms with Gasteiger partial charge in [0.25, 0.3) is 0 Å². The summed E-state index contributed by atoms with van der Waals surface area (Å²) in [6.07, 6.45) is 4.17. The van der Waals surface area contributed by atoms with Crippen molar-refractivity contribution < 1.29 is 0 Å². The minimum Gasteiger partial charge on any atom is -0.374 e. The zero-order chi connectivity index (χ0) is 13.8. The first-order valence-corrected chi connectivity index (χ1v) is 7.73. The van der Waals surface area contributed by atoms with E-state index in [1.165, 1.54) is 30.5 Å². The summed E-state index contributed by atoms with van der Waals surface area (Å²) in [6.45, 7) is 6.38. The molecule has 106 valence electrons. The van der Waals surface area contributed by atoms with Crippen molar-refractivity contribution in [2.24, 2.45) is 5.92 Å². The molecule has 1 fully saturated rings. The maximum atomic E-state index is 6.42. The van der Waals surface area contributed by atoms with Gasteiger partial charge in [0.2, 0.25) is 0 Å². The molecule has 0 bridgehead atoms. The molecule has 1 saturated carbocycles. The van der Waals surface area contributed by atoms with Crippen LogP contribution in [-0.4, -0.2) is 20.1 Å². The summed E-state index contributed by atoms with van der Waals surface area (Å²) in [5.74, 6) is 0.879. The lowest BCUT2D eigenvalue weighted by molar-refractivity contribution is 0.321. The van der Waals surface area contributed by atoms with Crippen LogP contribution in [-0.2, 0) is 0 Å². The molecular formula is C16H25ClN2. The van der Waals surface area contributed by atoms with Crippen molar-refractivity contribution in [3.8, 4) is 0 Å². The first-order chi connectivity index (χ1) is 9.11. The number of benzene rings is 1. The van der Waals surface area contributed by atoms with E-state index in [4.69, 9.17) is 11.6 Å². The zero-order valence-electron chi connectivity index (χ0n) is 12.2. The molecule has 3 heteroatoms. The fourth-order valence-corrected chi connectivity index (χ4v) is 3.03. The molecule has 19 heavy (non-hydrogen) atoms. The molecule has 2 nitrogen and oxygen atoms in total. The molecule has 2 rings (SSSR count). The second kappa shape index (κ2) is 6.62. The average molecular weight is 281 g/mol. The Morgan fingerprint density at radius 2 is 2.16 bits per heavy atom. The zero-order valence-corrected chi connectivity index (χ0v) is 13.0. The van der Waals surface area contributed by atoms with E-state index in [-0.39, 0.29) is 0 Å². The largest absolute Gasteiger partial charge is 0.374 e. The number of rotatable bonds is 6. The first-order valence-electron chi connectivity index (χ1n) is 7.35. The molecule has 1 aromatic carbocycles. The van der Waals surface area contributed by atoms with E-state index in [1.54, 1.807) is 0 Å². The predicted molar refractivity (Wildman–Crippen MR) is 84.2 cm³/mol. The summed E-state index contributed by atoms with van der Waals surface area (Å²) in [4.78, 5) is 2.33. The van der Waals surface area contributed by atoms with Gasteiger partial charge in [0, 0.05) is 30.3 Å². The lowest BCUT2D eigenvalue weighted by Crippen LogP contribution is -2.29. The van der Waals surface area contributed by atoms with Gasteiger partial charge in [0.05, 0.1) is 0 Å². The highest BCUT2D eigenvalue weighted by atomic mass is 35.5. The van der Waals surface area contributed by atoms with Gasteiger partial charge in [-0.15, -0.1) is 0 Å². The van der Waals surface area contributed by atoms with E-state index in [1.807, 2.05) is 0 Å². The van der Waals surface area contributed by atoms with E-state index in [0.29, 0.717) is 6.04 Å². The van der Waals surface area contributed by atoms with Crippen LogP contribution in [0.1, 0.15) is 44.7 Å². The second-order valence-corrected chi connectivity index (χ2v) is 6.07. The van der Waals surface area contributed by atoms with E-state index in [0.717, 1.165) is 24.0 Å². The Kier molecular flexibility index (Phi) is 5.12. The summed E-state index contributed by atoms with van der Waals surface area (Å²) >= 11 is 6.42. The van der Waals surface area contributed by atoms with E-state index >= 15 is 0 Å². The lowest BCUT2D eigenvalue weighted by Gasteiger charge is -2.31. The van der Waals surface area contributed by atoms with Gasteiger partial charge in [-0.3, -0.25) is 0 Å². The molecule has 1 N–H and O–H groups in total. The number of hydrogen-bond acceptors (Lipinski definition) is 2. The van der Waals surface area contributed by atoms with Crippen LogP contribution >= 0.6 is 11.6 Å².